The van der Waals surface area contributed by atoms with Crippen LogP contribution in [0.25, 0.3) is 0 Å². The highest BCUT2D eigenvalue weighted by atomic mass is 79.9. The van der Waals surface area contributed by atoms with Crippen LogP contribution < -0.4 is 15.6 Å². The molecule has 1 saturated heterocycles. The predicted molar refractivity (Wildman–Crippen MR) is 122 cm³/mol. The lowest BCUT2D eigenvalue weighted by molar-refractivity contribution is -0.689. The van der Waals surface area contributed by atoms with Crippen LogP contribution in [0.4, 0.5) is 5.13 Å². The van der Waals surface area contributed by atoms with E-state index in [0.29, 0.717) is 17.9 Å². The van der Waals surface area contributed by atoms with Crippen LogP contribution in [0.15, 0.2) is 45.4 Å². The average molecular weight is 555 g/mol. The van der Waals surface area contributed by atoms with E-state index < -0.39 is 29.2 Å². The molecule has 0 spiro atoms. The second-order valence-corrected chi connectivity index (χ2v) is 9.69. The van der Waals surface area contributed by atoms with Gasteiger partial charge in [-0.25, -0.2) is 9.36 Å². The van der Waals surface area contributed by atoms with Crippen molar-refractivity contribution in [1.29, 1.82) is 0 Å². The molecule has 0 bridgehead atoms. The lowest BCUT2D eigenvalue weighted by atomic mass is 10.0. The summed E-state index contributed by atoms with van der Waals surface area (Å²) in [5.74, 6) is -2.11. The van der Waals surface area contributed by atoms with Crippen molar-refractivity contribution < 1.29 is 28.9 Å². The Bertz CT molecular complexity index is 1180. The number of oxime groups is 1. The number of carboxylic acids is 1. The summed E-state index contributed by atoms with van der Waals surface area (Å²) < 4.78 is 6.66. The standard InChI is InChI=1S/C18H16BrN7O5S2/c1-31-23-10(13-22-18(20)33-24-13)14(27)21-11-15(28)26-12(17(29)30)8(7-32-16(11)26)6-25-4-2-9(19)3-5-25/h2-5,11,16H,6-7H2,1H3,(H3-,20,21,22,24,27,29,30)/p+1/b23-10-/t11-,16-/m1/s1. The lowest BCUT2D eigenvalue weighted by Crippen LogP contribution is -2.71. The summed E-state index contributed by atoms with van der Waals surface area (Å²) in [5, 5.41) is 15.6. The quantitative estimate of drug-likeness (QED) is 0.184. The van der Waals surface area contributed by atoms with Crippen LogP contribution in [0.2, 0.25) is 0 Å². The van der Waals surface area contributed by atoms with Crippen molar-refractivity contribution in [3.63, 3.8) is 0 Å². The van der Waals surface area contributed by atoms with Crippen molar-refractivity contribution in [3.8, 4) is 0 Å². The molecule has 15 heteroatoms. The summed E-state index contributed by atoms with van der Waals surface area (Å²) in [4.78, 5) is 47.5. The molecule has 1 fully saturated rings. The number of carbonyl (C=O) groups excluding carboxylic acids is 2. The van der Waals surface area contributed by atoms with Gasteiger partial charge in [-0.2, -0.15) is 9.36 Å². The Morgan fingerprint density at radius 1 is 1.45 bits per heavy atom. The van der Waals surface area contributed by atoms with Gasteiger partial charge in [-0.15, -0.1) is 11.8 Å². The zero-order valence-electron chi connectivity index (χ0n) is 17.0. The average Bonchev–Trinajstić information content (AvgIpc) is 3.22. The molecule has 2 amide bonds. The summed E-state index contributed by atoms with van der Waals surface area (Å²) in [7, 11) is 1.26. The van der Waals surface area contributed by atoms with Gasteiger partial charge in [-0.05, 0) is 0 Å². The molecule has 2 aliphatic heterocycles. The topological polar surface area (TPSA) is 164 Å². The van der Waals surface area contributed by atoms with Crippen LogP contribution in [0, 0.1) is 0 Å². The highest BCUT2D eigenvalue weighted by Crippen LogP contribution is 2.40. The fourth-order valence-corrected chi connectivity index (χ4v) is 5.39. The van der Waals surface area contributed by atoms with Gasteiger partial charge in [-0.1, -0.05) is 21.1 Å². The Morgan fingerprint density at radius 2 is 2.18 bits per heavy atom. The van der Waals surface area contributed by atoms with Gasteiger partial charge in [0.1, 0.15) is 24.2 Å². The minimum atomic E-state index is -1.20. The van der Waals surface area contributed by atoms with Crippen LogP contribution in [-0.4, -0.2) is 67.1 Å². The van der Waals surface area contributed by atoms with Crippen LogP contribution in [0.1, 0.15) is 5.82 Å². The fourth-order valence-electron chi connectivity index (χ4n) is 3.39. The summed E-state index contributed by atoms with van der Waals surface area (Å²) >= 11 is 5.61. The molecule has 2 aliphatic rings. The number of carbonyl (C=O) groups is 3. The second kappa shape index (κ2) is 9.44. The summed E-state index contributed by atoms with van der Waals surface area (Å²) in [6, 6.07) is 2.74. The molecule has 4 N–H and O–H groups in total. The minimum Gasteiger partial charge on any atom is -0.477 e. The number of β-lactam (4-membered cyclic amide) rings is 1. The number of nitrogens with one attached hydrogen (secondary N) is 1. The van der Waals surface area contributed by atoms with Crippen molar-refractivity contribution in [1.82, 2.24) is 19.6 Å². The Hall–Kier alpha value is -3.04. The van der Waals surface area contributed by atoms with E-state index in [9.17, 15) is 19.5 Å². The zero-order valence-corrected chi connectivity index (χ0v) is 20.2. The van der Waals surface area contributed by atoms with Crippen molar-refractivity contribution in [2.75, 3.05) is 18.6 Å². The number of hydrogen-bond acceptors (Lipinski definition) is 10. The number of aliphatic carboxylic acids is 1. The molecule has 0 radical (unpaired) electrons. The predicted octanol–water partition coefficient (Wildman–Crippen LogP) is -0.0404. The first kappa shape index (κ1) is 23.1. The SMILES string of the molecule is CO/N=C(\C(=O)N[C@@H]1C(=O)N2C(C(=O)O)=C(C[n+]3ccc(Br)cc3)CS[C@H]12)c1nsc(N)n1. The third-order valence-corrected chi connectivity index (χ3v) is 7.22. The number of amides is 2. The highest BCUT2D eigenvalue weighted by molar-refractivity contribution is 9.10. The molecule has 4 rings (SSSR count). The van der Waals surface area contributed by atoms with Gasteiger partial charge >= 0.3 is 5.97 Å². The molecule has 33 heavy (non-hydrogen) atoms. The maximum atomic E-state index is 12.9. The van der Waals surface area contributed by atoms with Crippen molar-refractivity contribution >= 4 is 67.9 Å². The third-order valence-electron chi connectivity index (χ3n) is 4.81. The molecule has 0 aromatic carbocycles. The second-order valence-electron chi connectivity index (χ2n) is 6.89. The van der Waals surface area contributed by atoms with E-state index in [4.69, 9.17) is 10.6 Å². The van der Waals surface area contributed by atoms with Gasteiger partial charge in [0, 0.05) is 39.5 Å². The van der Waals surface area contributed by atoms with Crippen molar-refractivity contribution in [2.45, 2.75) is 18.0 Å². The van der Waals surface area contributed by atoms with E-state index in [0.717, 1.165) is 16.0 Å². The van der Waals surface area contributed by atoms with Gasteiger partial charge in [-0.3, -0.25) is 14.5 Å². The number of hydrogen-bond donors (Lipinski definition) is 3. The smallest absolute Gasteiger partial charge is 0.352 e. The molecule has 4 heterocycles. The highest BCUT2D eigenvalue weighted by Gasteiger charge is 2.54. The number of nitrogen functional groups attached to an aromatic ring is 1. The number of nitrogens with zero attached hydrogens (tertiary/aromatic N) is 5. The van der Waals surface area contributed by atoms with Crippen molar-refractivity contribution in [3.05, 3.63) is 46.1 Å². The first-order valence-corrected chi connectivity index (χ1v) is 12.0. The molecular weight excluding hydrogens is 538 g/mol. The molecule has 12 nitrogen and oxygen atoms in total. The van der Waals surface area contributed by atoms with Crippen LogP contribution >= 0.6 is 39.2 Å². The first-order chi connectivity index (χ1) is 15.8. The lowest BCUT2D eigenvalue weighted by Gasteiger charge is -2.49. The van der Waals surface area contributed by atoms with E-state index in [1.165, 1.54) is 23.8 Å². The molecule has 0 unspecified atom stereocenters. The number of carboxylic acid groups (broad SMARTS) is 1. The van der Waals surface area contributed by atoms with Crippen LogP contribution in [-0.2, 0) is 25.8 Å². The molecule has 172 valence electrons. The monoisotopic (exact) mass is 554 g/mol. The Kier molecular flexibility index (Phi) is 6.62. The van der Waals surface area contributed by atoms with E-state index in [2.05, 4.69) is 35.8 Å². The molecule has 0 saturated carbocycles. The van der Waals surface area contributed by atoms with Gasteiger partial charge < -0.3 is 21.0 Å². The molecule has 2 atom stereocenters. The van der Waals surface area contributed by atoms with E-state index in [-0.39, 0.29) is 22.4 Å². The van der Waals surface area contributed by atoms with Gasteiger partial charge in [0.15, 0.2) is 24.1 Å². The molecule has 2 aromatic heterocycles. The number of rotatable bonds is 7. The summed E-state index contributed by atoms with van der Waals surface area (Å²) in [5.41, 5.74) is 5.86. The van der Waals surface area contributed by atoms with Gasteiger partial charge in [0.25, 0.3) is 11.8 Å². The van der Waals surface area contributed by atoms with E-state index in [1.807, 2.05) is 29.1 Å². The molecule has 0 aliphatic carbocycles. The maximum absolute atomic E-state index is 12.9. The fraction of sp³-hybridized carbons (Fsp3) is 0.278. The molecular formula is C18H17BrN7O5S2+. The Labute approximate surface area is 203 Å². The van der Waals surface area contributed by atoms with Gasteiger partial charge in [0.05, 0.1) is 0 Å². The number of nitrogens with two attached hydrogens (primary N) is 1. The Balaban J connectivity index is 1.53. The number of fused-ring (bicyclic) bond motifs is 1. The molecule has 2 aromatic rings. The number of thioether (sulfide) groups is 1. The van der Waals surface area contributed by atoms with E-state index in [1.54, 1.807) is 0 Å². The normalized spacial score (nSPS) is 20.2. The van der Waals surface area contributed by atoms with E-state index >= 15 is 0 Å². The minimum absolute atomic E-state index is 0.0308. The van der Waals surface area contributed by atoms with Crippen LogP contribution in [0.5, 0.6) is 0 Å². The van der Waals surface area contributed by atoms with Crippen molar-refractivity contribution in [2.24, 2.45) is 5.16 Å². The largest absolute Gasteiger partial charge is 0.477 e. The first-order valence-electron chi connectivity index (χ1n) is 9.36. The number of halogens is 1. The van der Waals surface area contributed by atoms with Gasteiger partial charge in [0.2, 0.25) is 11.5 Å². The Morgan fingerprint density at radius 3 is 2.79 bits per heavy atom. The number of pyridine rings is 1. The number of aromatic nitrogens is 3. The third kappa shape index (κ3) is 4.56. The number of anilines is 1. The summed E-state index contributed by atoms with van der Waals surface area (Å²) in [6.45, 7) is 0.316. The van der Waals surface area contributed by atoms with Crippen LogP contribution in [0.3, 0.4) is 0 Å². The summed E-state index contributed by atoms with van der Waals surface area (Å²) in [6.07, 6.45) is 3.62. The maximum Gasteiger partial charge on any atom is 0.352 e. The zero-order chi connectivity index (χ0) is 23.7.